The summed E-state index contributed by atoms with van der Waals surface area (Å²) in [5.41, 5.74) is 0. The summed E-state index contributed by atoms with van der Waals surface area (Å²) in [6.45, 7) is 8.45. The minimum atomic E-state index is 0.0494. The fourth-order valence-corrected chi connectivity index (χ4v) is 0.781. The Kier molecular flexibility index (Phi) is 5.84. The topological polar surface area (TPSA) is 41.1 Å². The largest absolute Gasteiger partial charge is 0.356 e. The van der Waals surface area contributed by atoms with Gasteiger partial charge in [0.25, 0.3) is 0 Å². The number of carbonyl (C=O) groups is 1. The van der Waals surface area contributed by atoms with Gasteiger partial charge < -0.3 is 10.6 Å². The van der Waals surface area contributed by atoms with E-state index in [4.69, 9.17) is 0 Å². The molecule has 0 aliphatic rings. The van der Waals surface area contributed by atoms with E-state index in [0.717, 1.165) is 19.6 Å². The van der Waals surface area contributed by atoms with E-state index in [2.05, 4.69) is 24.5 Å². The van der Waals surface area contributed by atoms with E-state index < -0.39 is 0 Å². The van der Waals surface area contributed by atoms with Crippen molar-refractivity contribution in [3.8, 4) is 0 Å². The van der Waals surface area contributed by atoms with E-state index in [-0.39, 0.29) is 5.91 Å². The Hall–Kier alpha value is -0.570. The van der Waals surface area contributed by atoms with Gasteiger partial charge in [0.15, 0.2) is 0 Å². The first-order chi connectivity index (χ1) is 5.16. The SMILES string of the molecule is CCNCC(C)CNC(C)=O. The Balaban J connectivity index is 3.22. The van der Waals surface area contributed by atoms with E-state index in [1.165, 1.54) is 0 Å². The molecule has 0 radical (unpaired) electrons. The zero-order valence-electron chi connectivity index (χ0n) is 7.61. The first kappa shape index (κ1) is 10.4. The zero-order chi connectivity index (χ0) is 8.69. The van der Waals surface area contributed by atoms with Crippen LogP contribution >= 0.6 is 0 Å². The van der Waals surface area contributed by atoms with Gasteiger partial charge in [-0.3, -0.25) is 4.79 Å². The van der Waals surface area contributed by atoms with Gasteiger partial charge in [0, 0.05) is 13.5 Å². The molecule has 3 nitrogen and oxygen atoms in total. The molecule has 0 aromatic rings. The second-order valence-corrected chi connectivity index (χ2v) is 2.85. The molecule has 66 valence electrons. The molecule has 0 spiro atoms. The number of nitrogens with one attached hydrogen (secondary N) is 2. The molecule has 0 saturated carbocycles. The standard InChI is InChI=1S/C8H18N2O/c1-4-9-5-7(2)6-10-8(3)11/h7,9H,4-6H2,1-3H3,(H,10,11). The van der Waals surface area contributed by atoms with Crippen molar-refractivity contribution in [2.75, 3.05) is 19.6 Å². The van der Waals surface area contributed by atoms with E-state index >= 15 is 0 Å². The molecule has 0 fully saturated rings. The van der Waals surface area contributed by atoms with Gasteiger partial charge >= 0.3 is 0 Å². The van der Waals surface area contributed by atoms with Gasteiger partial charge in [-0.2, -0.15) is 0 Å². The number of hydrogen-bond acceptors (Lipinski definition) is 2. The van der Waals surface area contributed by atoms with Crippen LogP contribution in [-0.4, -0.2) is 25.5 Å². The first-order valence-corrected chi connectivity index (χ1v) is 4.12. The molecule has 0 aromatic carbocycles. The molecule has 0 saturated heterocycles. The highest BCUT2D eigenvalue weighted by Crippen LogP contribution is 1.88. The van der Waals surface area contributed by atoms with Crippen molar-refractivity contribution < 1.29 is 4.79 Å². The van der Waals surface area contributed by atoms with Gasteiger partial charge in [-0.25, -0.2) is 0 Å². The molecular formula is C8H18N2O. The summed E-state index contributed by atoms with van der Waals surface area (Å²) in [5, 5.41) is 6.00. The maximum Gasteiger partial charge on any atom is 0.216 e. The lowest BCUT2D eigenvalue weighted by Gasteiger charge is -2.11. The van der Waals surface area contributed by atoms with Crippen LogP contribution in [0.4, 0.5) is 0 Å². The number of amides is 1. The van der Waals surface area contributed by atoms with E-state index in [0.29, 0.717) is 5.92 Å². The average molecular weight is 158 g/mol. The van der Waals surface area contributed by atoms with Gasteiger partial charge in [0.05, 0.1) is 0 Å². The van der Waals surface area contributed by atoms with E-state index in [1.807, 2.05) is 0 Å². The molecule has 1 amide bonds. The molecule has 0 aliphatic heterocycles. The van der Waals surface area contributed by atoms with Crippen molar-refractivity contribution in [2.24, 2.45) is 5.92 Å². The van der Waals surface area contributed by atoms with Gasteiger partial charge in [0.2, 0.25) is 5.91 Å². The maximum absolute atomic E-state index is 10.5. The average Bonchev–Trinajstić information content (AvgIpc) is 1.97. The van der Waals surface area contributed by atoms with Gasteiger partial charge in [-0.05, 0) is 19.0 Å². The molecule has 1 atom stereocenters. The lowest BCUT2D eigenvalue weighted by Crippen LogP contribution is -2.31. The fraction of sp³-hybridized carbons (Fsp3) is 0.875. The molecule has 3 heteroatoms. The van der Waals surface area contributed by atoms with Crippen molar-refractivity contribution in [3.05, 3.63) is 0 Å². The molecule has 2 N–H and O–H groups in total. The van der Waals surface area contributed by atoms with Crippen molar-refractivity contribution in [1.29, 1.82) is 0 Å². The Morgan fingerprint density at radius 2 is 2.09 bits per heavy atom. The van der Waals surface area contributed by atoms with Crippen molar-refractivity contribution in [3.63, 3.8) is 0 Å². The fourth-order valence-electron chi connectivity index (χ4n) is 0.781. The smallest absolute Gasteiger partial charge is 0.216 e. The molecule has 0 aromatic heterocycles. The highest BCUT2D eigenvalue weighted by atomic mass is 16.1. The molecule has 1 unspecified atom stereocenters. The van der Waals surface area contributed by atoms with Crippen LogP contribution in [0, 0.1) is 5.92 Å². The van der Waals surface area contributed by atoms with Crippen LogP contribution in [0.2, 0.25) is 0 Å². The van der Waals surface area contributed by atoms with Crippen LogP contribution in [0.1, 0.15) is 20.8 Å². The third kappa shape index (κ3) is 7.33. The van der Waals surface area contributed by atoms with Gasteiger partial charge in [-0.15, -0.1) is 0 Å². The van der Waals surface area contributed by atoms with Crippen LogP contribution in [0.3, 0.4) is 0 Å². The lowest BCUT2D eigenvalue weighted by atomic mass is 10.2. The maximum atomic E-state index is 10.5. The molecule has 0 rings (SSSR count). The summed E-state index contributed by atoms with van der Waals surface area (Å²) in [6, 6.07) is 0. The molecule has 0 bridgehead atoms. The monoisotopic (exact) mass is 158 g/mol. The summed E-state index contributed by atoms with van der Waals surface area (Å²) in [4.78, 5) is 10.5. The Bertz CT molecular complexity index is 115. The summed E-state index contributed by atoms with van der Waals surface area (Å²) < 4.78 is 0. The second kappa shape index (κ2) is 6.16. The predicted molar refractivity (Wildman–Crippen MR) is 46.4 cm³/mol. The minimum Gasteiger partial charge on any atom is -0.356 e. The Morgan fingerprint density at radius 3 is 2.55 bits per heavy atom. The van der Waals surface area contributed by atoms with Crippen molar-refractivity contribution in [1.82, 2.24) is 10.6 Å². The first-order valence-electron chi connectivity index (χ1n) is 4.12. The van der Waals surface area contributed by atoms with Crippen molar-refractivity contribution >= 4 is 5.91 Å². The molecule has 11 heavy (non-hydrogen) atoms. The Labute approximate surface area is 68.6 Å². The summed E-state index contributed by atoms with van der Waals surface area (Å²) in [7, 11) is 0. The quantitative estimate of drug-likeness (QED) is 0.607. The zero-order valence-corrected chi connectivity index (χ0v) is 7.61. The van der Waals surface area contributed by atoms with Crippen LogP contribution in [0.15, 0.2) is 0 Å². The molecule has 0 aliphatic carbocycles. The molecule has 0 heterocycles. The van der Waals surface area contributed by atoms with E-state index in [9.17, 15) is 4.79 Å². The lowest BCUT2D eigenvalue weighted by molar-refractivity contribution is -0.119. The molecular weight excluding hydrogens is 140 g/mol. The van der Waals surface area contributed by atoms with Crippen LogP contribution in [0.5, 0.6) is 0 Å². The second-order valence-electron chi connectivity index (χ2n) is 2.85. The predicted octanol–water partition coefficient (Wildman–Crippen LogP) is 0.368. The summed E-state index contributed by atoms with van der Waals surface area (Å²) in [5.74, 6) is 0.562. The summed E-state index contributed by atoms with van der Waals surface area (Å²) in [6.07, 6.45) is 0. The number of carbonyl (C=O) groups excluding carboxylic acids is 1. The van der Waals surface area contributed by atoms with Crippen LogP contribution in [-0.2, 0) is 4.79 Å². The van der Waals surface area contributed by atoms with E-state index in [1.54, 1.807) is 6.92 Å². The highest BCUT2D eigenvalue weighted by molar-refractivity contribution is 5.72. The van der Waals surface area contributed by atoms with Gasteiger partial charge in [0.1, 0.15) is 0 Å². The van der Waals surface area contributed by atoms with Crippen molar-refractivity contribution in [2.45, 2.75) is 20.8 Å². The normalized spacial score (nSPS) is 12.6. The third-order valence-corrected chi connectivity index (χ3v) is 1.44. The minimum absolute atomic E-state index is 0.0494. The Morgan fingerprint density at radius 1 is 1.45 bits per heavy atom. The van der Waals surface area contributed by atoms with Crippen LogP contribution in [0.25, 0.3) is 0 Å². The van der Waals surface area contributed by atoms with Crippen LogP contribution < -0.4 is 10.6 Å². The summed E-state index contributed by atoms with van der Waals surface area (Å²) >= 11 is 0. The number of hydrogen-bond donors (Lipinski definition) is 2. The number of rotatable bonds is 5. The third-order valence-electron chi connectivity index (χ3n) is 1.44. The highest BCUT2D eigenvalue weighted by Gasteiger charge is 2.00. The van der Waals surface area contributed by atoms with Gasteiger partial charge in [-0.1, -0.05) is 13.8 Å².